The summed E-state index contributed by atoms with van der Waals surface area (Å²) >= 11 is 0. The number of aromatic nitrogens is 6. The number of carbonyl (C=O) groups excluding carboxylic acids is 1. The Morgan fingerprint density at radius 1 is 0.974 bits per heavy atom. The summed E-state index contributed by atoms with van der Waals surface area (Å²) in [7, 11) is 0. The van der Waals surface area contributed by atoms with Crippen LogP contribution in [0.3, 0.4) is 0 Å². The van der Waals surface area contributed by atoms with Crippen molar-refractivity contribution >= 4 is 33.5 Å². The minimum absolute atomic E-state index is 0.0238. The standard InChI is InChI=1S/C29H21F2N7O/c30-18-6-2-5-16(9-18)25-27-23(7-8-33-25)35-28(36-27)26-21-11-20(22(31)12-24(21)37-38-26)17-10-19(14-32-13-17)34-29(39)15-3-1-4-15/h2,5-15H,1,3-4H2,(H,34,39)(H,35,36)(H,37,38). The zero-order valence-electron chi connectivity index (χ0n) is 20.5. The molecule has 6 aromatic rings. The van der Waals surface area contributed by atoms with Gasteiger partial charge in [-0.3, -0.25) is 19.9 Å². The molecule has 2 aromatic carbocycles. The van der Waals surface area contributed by atoms with Crippen LogP contribution in [0.25, 0.3) is 55.8 Å². The van der Waals surface area contributed by atoms with Crippen LogP contribution >= 0.6 is 0 Å². The molecule has 3 N–H and O–H groups in total. The molecule has 7 rings (SSSR count). The van der Waals surface area contributed by atoms with Gasteiger partial charge in [0.2, 0.25) is 5.91 Å². The van der Waals surface area contributed by atoms with Crippen LogP contribution < -0.4 is 5.32 Å². The van der Waals surface area contributed by atoms with Crippen molar-refractivity contribution in [2.24, 2.45) is 5.92 Å². The first-order chi connectivity index (χ1) is 19.0. The minimum Gasteiger partial charge on any atom is -0.336 e. The number of carbonyl (C=O) groups is 1. The molecule has 4 aromatic heterocycles. The summed E-state index contributed by atoms with van der Waals surface area (Å²) in [5, 5.41) is 10.8. The number of anilines is 1. The van der Waals surface area contributed by atoms with Gasteiger partial charge in [-0.1, -0.05) is 18.6 Å². The second kappa shape index (κ2) is 9.09. The zero-order chi connectivity index (χ0) is 26.5. The molecular formula is C29H21F2N7O. The Labute approximate surface area is 220 Å². The highest BCUT2D eigenvalue weighted by molar-refractivity contribution is 5.98. The summed E-state index contributed by atoms with van der Waals surface area (Å²) < 4.78 is 29.1. The van der Waals surface area contributed by atoms with Gasteiger partial charge >= 0.3 is 0 Å². The normalized spacial score (nSPS) is 13.6. The molecule has 39 heavy (non-hydrogen) atoms. The van der Waals surface area contributed by atoms with Gasteiger partial charge < -0.3 is 10.3 Å². The fraction of sp³-hybridized carbons (Fsp3) is 0.138. The Balaban J connectivity index is 1.29. The molecule has 4 heterocycles. The Hall–Kier alpha value is -4.99. The van der Waals surface area contributed by atoms with Crippen LogP contribution in [0.15, 0.2) is 67.1 Å². The maximum absolute atomic E-state index is 15.2. The van der Waals surface area contributed by atoms with E-state index in [1.807, 2.05) is 0 Å². The van der Waals surface area contributed by atoms with Crippen LogP contribution in [-0.2, 0) is 4.79 Å². The molecule has 1 aliphatic rings. The molecule has 192 valence electrons. The summed E-state index contributed by atoms with van der Waals surface area (Å²) in [5.41, 5.74) is 4.76. The van der Waals surface area contributed by atoms with Gasteiger partial charge in [0, 0.05) is 46.5 Å². The van der Waals surface area contributed by atoms with Gasteiger partial charge in [0.05, 0.1) is 28.6 Å². The molecule has 10 heteroatoms. The third kappa shape index (κ3) is 4.10. The topological polar surface area (TPSA) is 112 Å². The van der Waals surface area contributed by atoms with E-state index in [-0.39, 0.29) is 17.6 Å². The van der Waals surface area contributed by atoms with Gasteiger partial charge in [0.1, 0.15) is 22.8 Å². The number of H-pyrrole nitrogens is 2. The molecule has 0 aliphatic heterocycles. The van der Waals surface area contributed by atoms with Crippen LogP contribution in [0.2, 0.25) is 0 Å². The second-order valence-corrected chi connectivity index (χ2v) is 9.68. The Morgan fingerprint density at radius 2 is 1.87 bits per heavy atom. The van der Waals surface area contributed by atoms with Crippen molar-refractivity contribution in [3.63, 3.8) is 0 Å². The number of nitrogens with one attached hydrogen (secondary N) is 3. The van der Waals surface area contributed by atoms with Crippen molar-refractivity contribution in [3.05, 3.63) is 78.8 Å². The van der Waals surface area contributed by atoms with Gasteiger partial charge in [-0.2, -0.15) is 5.10 Å². The van der Waals surface area contributed by atoms with E-state index in [9.17, 15) is 9.18 Å². The molecule has 1 saturated carbocycles. The van der Waals surface area contributed by atoms with Crippen molar-refractivity contribution in [2.75, 3.05) is 5.32 Å². The molecule has 0 radical (unpaired) electrons. The molecule has 0 bridgehead atoms. The van der Waals surface area contributed by atoms with Crippen molar-refractivity contribution in [1.29, 1.82) is 0 Å². The summed E-state index contributed by atoms with van der Waals surface area (Å²) in [6, 6.07) is 12.7. The van der Waals surface area contributed by atoms with Gasteiger partial charge in [0.15, 0.2) is 5.82 Å². The lowest BCUT2D eigenvalue weighted by Gasteiger charge is -2.24. The molecule has 1 aliphatic carbocycles. The molecule has 8 nitrogen and oxygen atoms in total. The van der Waals surface area contributed by atoms with Crippen molar-refractivity contribution in [2.45, 2.75) is 19.3 Å². The van der Waals surface area contributed by atoms with Crippen molar-refractivity contribution < 1.29 is 13.6 Å². The average molecular weight is 522 g/mol. The summed E-state index contributed by atoms with van der Waals surface area (Å²) in [6.07, 6.45) is 7.57. The Kier molecular flexibility index (Phi) is 5.39. The van der Waals surface area contributed by atoms with Crippen LogP contribution in [0.4, 0.5) is 14.5 Å². The number of fused-ring (bicyclic) bond motifs is 2. The van der Waals surface area contributed by atoms with E-state index >= 15 is 4.39 Å². The minimum atomic E-state index is -0.454. The number of hydrogen-bond donors (Lipinski definition) is 3. The number of benzene rings is 2. The number of pyridine rings is 2. The lowest BCUT2D eigenvalue weighted by atomic mass is 9.85. The zero-order valence-corrected chi connectivity index (χ0v) is 20.5. The molecule has 0 spiro atoms. The van der Waals surface area contributed by atoms with Crippen molar-refractivity contribution in [1.82, 2.24) is 30.1 Å². The number of nitrogens with zero attached hydrogens (tertiary/aromatic N) is 4. The van der Waals surface area contributed by atoms with E-state index in [1.54, 1.807) is 48.9 Å². The van der Waals surface area contributed by atoms with Crippen LogP contribution in [0.1, 0.15) is 19.3 Å². The monoisotopic (exact) mass is 521 g/mol. The highest BCUT2D eigenvalue weighted by atomic mass is 19.1. The van der Waals surface area contributed by atoms with Gasteiger partial charge in [-0.05, 0) is 43.2 Å². The lowest BCUT2D eigenvalue weighted by Crippen LogP contribution is -2.28. The molecule has 1 amide bonds. The summed E-state index contributed by atoms with van der Waals surface area (Å²) in [5.74, 6) is -0.375. The van der Waals surface area contributed by atoms with Crippen molar-refractivity contribution in [3.8, 4) is 33.9 Å². The molecule has 0 saturated heterocycles. The Morgan fingerprint density at radius 3 is 2.69 bits per heavy atom. The fourth-order valence-corrected chi connectivity index (χ4v) is 4.90. The third-order valence-electron chi connectivity index (χ3n) is 7.17. The predicted octanol–water partition coefficient (Wildman–Crippen LogP) is 6.25. The molecule has 0 atom stereocenters. The number of amides is 1. The molecule has 0 unspecified atom stereocenters. The van der Waals surface area contributed by atoms with E-state index in [0.29, 0.717) is 61.5 Å². The maximum Gasteiger partial charge on any atom is 0.227 e. The SMILES string of the molecule is O=C(Nc1cncc(-c2cc3c(-c4nc5c(-c6cccc(F)c6)nccc5[nH]4)n[nH]c3cc2F)c1)C1CCC1. The third-order valence-corrected chi connectivity index (χ3v) is 7.17. The van der Waals surface area contributed by atoms with Gasteiger partial charge in [-0.25, -0.2) is 13.8 Å². The predicted molar refractivity (Wildman–Crippen MR) is 144 cm³/mol. The van der Waals surface area contributed by atoms with Crippen LogP contribution in [0.5, 0.6) is 0 Å². The van der Waals surface area contributed by atoms with Gasteiger partial charge in [0.25, 0.3) is 0 Å². The number of halogens is 2. The Bertz CT molecular complexity index is 1890. The van der Waals surface area contributed by atoms with E-state index in [1.165, 1.54) is 18.2 Å². The van der Waals surface area contributed by atoms with E-state index in [0.717, 1.165) is 19.3 Å². The first-order valence-corrected chi connectivity index (χ1v) is 12.6. The van der Waals surface area contributed by atoms with E-state index in [2.05, 4.69) is 30.5 Å². The quantitative estimate of drug-likeness (QED) is 0.248. The number of imidazole rings is 1. The first-order valence-electron chi connectivity index (χ1n) is 12.6. The molecular weight excluding hydrogens is 500 g/mol. The highest BCUT2D eigenvalue weighted by Gasteiger charge is 2.25. The lowest BCUT2D eigenvalue weighted by molar-refractivity contribution is -0.122. The van der Waals surface area contributed by atoms with Gasteiger partial charge in [-0.15, -0.1) is 0 Å². The molecule has 1 fully saturated rings. The number of hydrogen-bond acceptors (Lipinski definition) is 5. The summed E-state index contributed by atoms with van der Waals surface area (Å²) in [6.45, 7) is 0. The van der Waals surface area contributed by atoms with E-state index < -0.39 is 5.82 Å². The van der Waals surface area contributed by atoms with Crippen LogP contribution in [0, 0.1) is 17.6 Å². The first kappa shape index (κ1) is 23.2. The second-order valence-electron chi connectivity index (χ2n) is 9.68. The largest absolute Gasteiger partial charge is 0.336 e. The maximum atomic E-state index is 15.2. The summed E-state index contributed by atoms with van der Waals surface area (Å²) in [4.78, 5) is 29.0. The van der Waals surface area contributed by atoms with Crippen LogP contribution in [-0.4, -0.2) is 36.0 Å². The average Bonchev–Trinajstić information content (AvgIpc) is 3.50. The highest BCUT2D eigenvalue weighted by Crippen LogP contribution is 2.34. The fourth-order valence-electron chi connectivity index (χ4n) is 4.90. The smallest absolute Gasteiger partial charge is 0.227 e. The number of rotatable bonds is 5. The van der Waals surface area contributed by atoms with E-state index in [4.69, 9.17) is 4.98 Å². The number of aromatic amines is 2.